The Kier molecular flexibility index (Phi) is 5.87. The lowest BCUT2D eigenvalue weighted by Crippen LogP contribution is -2.40. The molecule has 132 valence electrons. The van der Waals surface area contributed by atoms with Crippen LogP contribution >= 0.6 is 11.3 Å². The van der Waals surface area contributed by atoms with Crippen LogP contribution in [0.25, 0.3) is 0 Å². The largest absolute Gasteiger partial charge is 0.355 e. The van der Waals surface area contributed by atoms with Gasteiger partial charge in [0.05, 0.1) is 4.88 Å². The molecule has 4 nitrogen and oxygen atoms in total. The number of carbonyl (C=O) groups excluding carboxylic acids is 2. The molecule has 2 amide bonds. The highest BCUT2D eigenvalue weighted by atomic mass is 32.1. The van der Waals surface area contributed by atoms with Gasteiger partial charge in [-0.1, -0.05) is 49.2 Å². The van der Waals surface area contributed by atoms with Crippen molar-refractivity contribution in [1.29, 1.82) is 0 Å². The van der Waals surface area contributed by atoms with Gasteiger partial charge in [-0.05, 0) is 29.9 Å². The maximum absolute atomic E-state index is 12.2. The minimum absolute atomic E-state index is 0.00585. The van der Waals surface area contributed by atoms with Gasteiger partial charge in [-0.3, -0.25) is 9.59 Å². The van der Waals surface area contributed by atoms with E-state index in [0.717, 1.165) is 12.8 Å². The fourth-order valence-corrected chi connectivity index (χ4v) is 4.19. The minimum atomic E-state index is -0.112. The molecule has 0 spiro atoms. The number of benzene rings is 1. The fourth-order valence-electron chi connectivity index (χ4n) is 3.55. The van der Waals surface area contributed by atoms with Crippen molar-refractivity contribution in [3.8, 4) is 0 Å². The molecule has 1 aliphatic rings. The van der Waals surface area contributed by atoms with Gasteiger partial charge in [0, 0.05) is 24.9 Å². The summed E-state index contributed by atoms with van der Waals surface area (Å²) in [5.74, 6) is -0.118. The lowest BCUT2D eigenvalue weighted by molar-refractivity contribution is -0.121. The van der Waals surface area contributed by atoms with Crippen molar-refractivity contribution < 1.29 is 9.59 Å². The molecule has 5 heteroatoms. The predicted octanol–water partition coefficient (Wildman–Crippen LogP) is 3.50. The molecule has 0 saturated heterocycles. The van der Waals surface area contributed by atoms with Crippen molar-refractivity contribution in [3.63, 3.8) is 0 Å². The molecule has 1 heterocycles. The van der Waals surface area contributed by atoms with Crippen molar-refractivity contribution in [2.75, 3.05) is 13.1 Å². The Hall–Kier alpha value is -2.14. The predicted molar refractivity (Wildman–Crippen MR) is 101 cm³/mol. The number of rotatable bonds is 7. The summed E-state index contributed by atoms with van der Waals surface area (Å²) in [4.78, 5) is 24.7. The van der Waals surface area contributed by atoms with E-state index in [1.54, 1.807) is 6.07 Å². The van der Waals surface area contributed by atoms with Crippen molar-refractivity contribution in [3.05, 3.63) is 58.3 Å². The van der Waals surface area contributed by atoms with Crippen LogP contribution in [-0.2, 0) is 10.2 Å². The van der Waals surface area contributed by atoms with Crippen LogP contribution in [0.5, 0.6) is 0 Å². The summed E-state index contributed by atoms with van der Waals surface area (Å²) >= 11 is 1.40. The van der Waals surface area contributed by atoms with Crippen LogP contribution in [0.3, 0.4) is 0 Å². The summed E-state index contributed by atoms with van der Waals surface area (Å²) in [6.45, 7) is 1.04. The molecule has 1 aromatic carbocycles. The highest BCUT2D eigenvalue weighted by Gasteiger charge is 2.35. The summed E-state index contributed by atoms with van der Waals surface area (Å²) in [5.41, 5.74) is 1.38. The smallest absolute Gasteiger partial charge is 0.261 e. The Labute approximate surface area is 152 Å². The standard InChI is InChI=1S/C20H24N2O2S/c23-18(10-13-21-19(24)17-9-6-14-25-17)22-15-20(11-4-5-12-20)16-7-2-1-3-8-16/h1-3,6-9,14H,4-5,10-13,15H2,(H,21,24)(H,22,23). The molecule has 0 bridgehead atoms. The van der Waals surface area contributed by atoms with E-state index in [1.165, 1.54) is 29.7 Å². The number of thiophene rings is 1. The van der Waals surface area contributed by atoms with Gasteiger partial charge in [0.25, 0.3) is 5.91 Å². The molecule has 1 aromatic heterocycles. The van der Waals surface area contributed by atoms with Crippen LogP contribution in [0.4, 0.5) is 0 Å². The first-order valence-corrected chi connectivity index (χ1v) is 9.72. The summed E-state index contributed by atoms with van der Waals surface area (Å²) < 4.78 is 0. The average molecular weight is 356 g/mol. The molecule has 2 aromatic rings. The zero-order valence-corrected chi connectivity index (χ0v) is 15.1. The molecular weight excluding hydrogens is 332 g/mol. The number of carbonyl (C=O) groups is 2. The van der Waals surface area contributed by atoms with Gasteiger partial charge in [-0.2, -0.15) is 0 Å². The Morgan fingerprint density at radius 3 is 2.44 bits per heavy atom. The number of hydrogen-bond acceptors (Lipinski definition) is 3. The van der Waals surface area contributed by atoms with Gasteiger partial charge in [-0.15, -0.1) is 11.3 Å². The first-order valence-electron chi connectivity index (χ1n) is 8.84. The van der Waals surface area contributed by atoms with E-state index >= 15 is 0 Å². The van der Waals surface area contributed by atoms with E-state index in [-0.39, 0.29) is 17.2 Å². The molecule has 3 rings (SSSR count). The molecule has 1 fully saturated rings. The van der Waals surface area contributed by atoms with E-state index in [2.05, 4.69) is 34.9 Å². The third kappa shape index (κ3) is 4.48. The maximum atomic E-state index is 12.2. The summed E-state index contributed by atoms with van der Waals surface area (Å²) in [6, 6.07) is 14.1. The molecule has 25 heavy (non-hydrogen) atoms. The van der Waals surface area contributed by atoms with Crippen LogP contribution in [0.1, 0.15) is 47.3 Å². The van der Waals surface area contributed by atoms with Crippen molar-refractivity contribution in [2.24, 2.45) is 0 Å². The second-order valence-corrected chi connectivity index (χ2v) is 7.56. The van der Waals surface area contributed by atoms with E-state index in [0.29, 0.717) is 24.4 Å². The number of hydrogen-bond donors (Lipinski definition) is 2. The van der Waals surface area contributed by atoms with Gasteiger partial charge in [0.15, 0.2) is 0 Å². The number of amides is 2. The SMILES string of the molecule is O=C(CCNC(=O)c1cccs1)NCC1(c2ccccc2)CCCC1. The van der Waals surface area contributed by atoms with E-state index in [1.807, 2.05) is 17.5 Å². The van der Waals surface area contributed by atoms with E-state index in [9.17, 15) is 9.59 Å². The highest BCUT2D eigenvalue weighted by molar-refractivity contribution is 7.12. The normalized spacial score (nSPS) is 15.7. The summed E-state index contributed by atoms with van der Waals surface area (Å²) in [5, 5.41) is 7.75. The maximum Gasteiger partial charge on any atom is 0.261 e. The van der Waals surface area contributed by atoms with Crippen LogP contribution in [-0.4, -0.2) is 24.9 Å². The van der Waals surface area contributed by atoms with Crippen LogP contribution < -0.4 is 10.6 Å². The molecule has 0 atom stereocenters. The second-order valence-electron chi connectivity index (χ2n) is 6.61. The van der Waals surface area contributed by atoms with Gasteiger partial charge >= 0.3 is 0 Å². The quantitative estimate of drug-likeness (QED) is 0.798. The lowest BCUT2D eigenvalue weighted by atomic mass is 9.79. The van der Waals surface area contributed by atoms with Crippen LogP contribution in [0.2, 0.25) is 0 Å². The highest BCUT2D eigenvalue weighted by Crippen LogP contribution is 2.40. The zero-order chi connectivity index (χ0) is 17.5. The minimum Gasteiger partial charge on any atom is -0.355 e. The topological polar surface area (TPSA) is 58.2 Å². The van der Waals surface area contributed by atoms with Crippen LogP contribution in [0, 0.1) is 0 Å². The summed E-state index contributed by atoms with van der Waals surface area (Å²) in [6.07, 6.45) is 4.96. The fraction of sp³-hybridized carbons (Fsp3) is 0.400. The van der Waals surface area contributed by atoms with Gasteiger partial charge in [0.2, 0.25) is 5.91 Å². The molecule has 0 aliphatic heterocycles. The van der Waals surface area contributed by atoms with Crippen molar-refractivity contribution >= 4 is 23.2 Å². The third-order valence-electron chi connectivity index (χ3n) is 4.95. The molecule has 0 radical (unpaired) electrons. The second kappa shape index (κ2) is 8.30. The Morgan fingerprint density at radius 2 is 1.76 bits per heavy atom. The Bertz CT molecular complexity index is 692. The van der Waals surface area contributed by atoms with Gasteiger partial charge in [-0.25, -0.2) is 0 Å². The van der Waals surface area contributed by atoms with Crippen molar-refractivity contribution in [2.45, 2.75) is 37.5 Å². The number of nitrogens with one attached hydrogen (secondary N) is 2. The van der Waals surface area contributed by atoms with E-state index in [4.69, 9.17) is 0 Å². The van der Waals surface area contributed by atoms with Gasteiger partial charge < -0.3 is 10.6 Å². The summed E-state index contributed by atoms with van der Waals surface area (Å²) in [7, 11) is 0. The Balaban J connectivity index is 1.47. The average Bonchev–Trinajstić information content (AvgIpc) is 3.33. The molecule has 0 unspecified atom stereocenters. The lowest BCUT2D eigenvalue weighted by Gasteiger charge is -2.30. The van der Waals surface area contributed by atoms with Gasteiger partial charge in [0.1, 0.15) is 0 Å². The van der Waals surface area contributed by atoms with E-state index < -0.39 is 0 Å². The molecule has 1 saturated carbocycles. The Morgan fingerprint density at radius 1 is 1.00 bits per heavy atom. The monoisotopic (exact) mass is 356 g/mol. The van der Waals surface area contributed by atoms with Crippen molar-refractivity contribution in [1.82, 2.24) is 10.6 Å². The molecular formula is C20H24N2O2S. The zero-order valence-electron chi connectivity index (χ0n) is 14.3. The first kappa shape index (κ1) is 17.7. The van der Waals surface area contributed by atoms with Crippen LogP contribution in [0.15, 0.2) is 47.8 Å². The first-order chi connectivity index (χ1) is 12.2. The molecule has 2 N–H and O–H groups in total. The third-order valence-corrected chi connectivity index (χ3v) is 5.82. The molecule has 1 aliphatic carbocycles.